The Kier molecular flexibility index (Phi) is 11.3. The summed E-state index contributed by atoms with van der Waals surface area (Å²) in [5.74, 6) is 5.64. The highest BCUT2D eigenvalue weighted by Crippen LogP contribution is 2.43. The van der Waals surface area contributed by atoms with Gasteiger partial charge >= 0.3 is 0 Å². The molecular formula is C37H41Cl2F3N8O. The fraction of sp³-hybridized carbons (Fsp3) is 0.432. The number of fused-ring (bicyclic) bond motifs is 4. The highest BCUT2D eigenvalue weighted by atomic mass is 35.5. The molecule has 2 aromatic carbocycles. The van der Waals surface area contributed by atoms with Crippen LogP contribution in [-0.2, 0) is 11.2 Å². The molecule has 270 valence electrons. The minimum atomic E-state index is -2.63. The number of carbonyl (C=O) groups is 1. The van der Waals surface area contributed by atoms with Crippen molar-refractivity contribution in [2.45, 2.75) is 76.8 Å². The molecule has 2 saturated carbocycles. The molecule has 1 amide bonds. The highest BCUT2D eigenvalue weighted by Gasteiger charge is 2.39. The minimum absolute atomic E-state index is 0.0117. The summed E-state index contributed by atoms with van der Waals surface area (Å²) in [5, 5.41) is 14.8. The van der Waals surface area contributed by atoms with Crippen LogP contribution in [0.1, 0.15) is 67.9 Å². The first-order valence-corrected chi connectivity index (χ1v) is 18.0. The van der Waals surface area contributed by atoms with Crippen LogP contribution in [0, 0.1) is 35.9 Å². The zero-order chi connectivity index (χ0) is 36.4. The van der Waals surface area contributed by atoms with Crippen molar-refractivity contribution in [3.63, 3.8) is 0 Å². The molecule has 51 heavy (non-hydrogen) atoms. The number of aromatic nitrogens is 2. The number of carbonyl (C=O) groups excluding carboxylic acids is 1. The number of amides is 1. The topological polar surface area (TPSA) is 149 Å². The normalized spacial score (nSPS) is 20.8. The van der Waals surface area contributed by atoms with Gasteiger partial charge < -0.3 is 26.4 Å². The molecule has 4 aromatic rings. The zero-order valence-electron chi connectivity index (χ0n) is 28.2. The smallest absolute Gasteiger partial charge is 0.279 e. The summed E-state index contributed by atoms with van der Waals surface area (Å²) >= 11 is 12.8. The standard InChI is InChI=1S/C29H25Cl2FN4O.C5H9N.C3H7F2N3/c1-15-19-14-22(23-8-4-12-36(23)29(37)16-9-10-16)35-27(19)20-13-17(5-3-11-33)24(26(32)28(20)34-15)18-6-2-7-21(30)25(18)31;1-4-2-5(1)6-3-4;4-3(5)2(6)1-8-7/h2,6-7,13-14,16,23,35H,3-5,8-10,12H2,1H3;4-6H,1-3H2;1,3,8H,6-7H2/b;;2-1-. The van der Waals surface area contributed by atoms with Gasteiger partial charge in [0.2, 0.25) is 5.91 Å². The molecule has 1 unspecified atom stereocenters. The Balaban J connectivity index is 0.000000265. The van der Waals surface area contributed by atoms with Crippen molar-refractivity contribution in [2.24, 2.45) is 23.4 Å². The van der Waals surface area contributed by atoms with E-state index in [1.165, 1.54) is 19.4 Å². The van der Waals surface area contributed by atoms with E-state index in [9.17, 15) is 18.8 Å². The van der Waals surface area contributed by atoms with Crippen molar-refractivity contribution in [1.82, 2.24) is 25.6 Å². The number of hydrazine groups is 1. The molecule has 9 rings (SSSR count). The molecule has 5 heterocycles. The number of hydrogen-bond donors (Lipinski definition) is 5. The van der Waals surface area contributed by atoms with Gasteiger partial charge in [0.25, 0.3) is 6.43 Å². The largest absolute Gasteiger partial charge is 0.396 e. The number of pyridine rings is 1. The SMILES string of the molecule is C1NC2CC1C2.Cc1nc2c(F)c(-c3cccc(Cl)c3Cl)c(CCC#N)cc2c2[nH]c(C3CCCN3C(=O)C3CC3)cc12.NN/C=C(\N)C(F)F. The number of aromatic amines is 1. The van der Waals surface area contributed by atoms with Crippen LogP contribution in [-0.4, -0.2) is 46.3 Å². The molecule has 5 aliphatic rings. The van der Waals surface area contributed by atoms with E-state index in [1.807, 2.05) is 23.3 Å². The molecule has 2 bridgehead atoms. The van der Waals surface area contributed by atoms with Crippen molar-refractivity contribution in [3.8, 4) is 17.2 Å². The van der Waals surface area contributed by atoms with Gasteiger partial charge in [-0.1, -0.05) is 35.3 Å². The monoisotopic (exact) mass is 740 g/mol. The number of nitriles is 1. The molecule has 2 aliphatic carbocycles. The number of rotatable bonds is 7. The fourth-order valence-electron chi connectivity index (χ4n) is 7.23. The Labute approximate surface area is 304 Å². The van der Waals surface area contributed by atoms with Gasteiger partial charge in [0.05, 0.1) is 33.4 Å². The van der Waals surface area contributed by atoms with Gasteiger partial charge in [-0.3, -0.25) is 10.6 Å². The molecule has 0 spiro atoms. The second-order valence-electron chi connectivity index (χ2n) is 13.6. The van der Waals surface area contributed by atoms with Crippen LogP contribution in [0.5, 0.6) is 0 Å². The maximum atomic E-state index is 16.3. The number of likely N-dealkylation sites (tertiary alicyclic amines) is 1. The van der Waals surface area contributed by atoms with Gasteiger partial charge in [0, 0.05) is 64.4 Å². The Morgan fingerprint density at radius 2 is 1.98 bits per heavy atom. The van der Waals surface area contributed by atoms with Crippen LogP contribution in [0.25, 0.3) is 32.9 Å². The third kappa shape index (κ3) is 7.77. The van der Waals surface area contributed by atoms with Crippen molar-refractivity contribution < 1.29 is 18.0 Å². The maximum absolute atomic E-state index is 16.3. The molecular weight excluding hydrogens is 700 g/mol. The number of alkyl halides is 2. The van der Waals surface area contributed by atoms with E-state index in [0.29, 0.717) is 39.2 Å². The molecule has 1 atom stereocenters. The first-order valence-electron chi connectivity index (χ1n) is 17.2. The lowest BCUT2D eigenvalue weighted by atomic mass is 9.87. The van der Waals surface area contributed by atoms with Gasteiger partial charge in [-0.15, -0.1) is 0 Å². The number of nitrogens with zero attached hydrogens (tertiary/aromatic N) is 3. The van der Waals surface area contributed by atoms with E-state index in [4.69, 9.17) is 28.9 Å². The first-order chi connectivity index (χ1) is 24.5. The second kappa shape index (κ2) is 15.7. The van der Waals surface area contributed by atoms with E-state index >= 15 is 4.39 Å². The quantitative estimate of drug-likeness (QED) is 0.0971. The molecule has 5 fully saturated rings. The molecule has 3 saturated heterocycles. The lowest BCUT2D eigenvalue weighted by Crippen LogP contribution is -2.31. The minimum Gasteiger partial charge on any atom is -0.396 e. The molecule has 14 heteroatoms. The Morgan fingerprint density at radius 1 is 1.22 bits per heavy atom. The predicted octanol–water partition coefficient (Wildman–Crippen LogP) is 7.55. The van der Waals surface area contributed by atoms with E-state index in [-0.39, 0.29) is 34.8 Å². The average molecular weight is 742 g/mol. The summed E-state index contributed by atoms with van der Waals surface area (Å²) in [4.78, 5) is 23.1. The molecule has 0 radical (unpaired) electrons. The number of benzene rings is 2. The summed E-state index contributed by atoms with van der Waals surface area (Å²) in [6, 6.07) is 12.2. The lowest BCUT2D eigenvalue weighted by molar-refractivity contribution is -0.133. The van der Waals surface area contributed by atoms with Crippen LogP contribution in [0.4, 0.5) is 13.2 Å². The average Bonchev–Trinajstić information content (AvgIpc) is 3.50. The number of halogens is 5. The Hall–Kier alpha value is -4.02. The summed E-state index contributed by atoms with van der Waals surface area (Å²) < 4.78 is 39.0. The van der Waals surface area contributed by atoms with Crippen LogP contribution in [0.2, 0.25) is 10.0 Å². The third-order valence-electron chi connectivity index (χ3n) is 10.1. The number of aryl methyl sites for hydroxylation is 2. The molecule has 7 N–H and O–H groups in total. The Bertz CT molecular complexity index is 1990. The number of allylic oxidation sites excluding steroid dienone is 1. The summed E-state index contributed by atoms with van der Waals surface area (Å²) in [7, 11) is 0. The second-order valence-corrected chi connectivity index (χ2v) is 14.4. The predicted molar refractivity (Wildman–Crippen MR) is 194 cm³/mol. The van der Waals surface area contributed by atoms with Crippen molar-refractivity contribution in [2.75, 3.05) is 13.1 Å². The summed E-state index contributed by atoms with van der Waals surface area (Å²) in [6.45, 7) is 3.95. The van der Waals surface area contributed by atoms with Crippen LogP contribution < -0.4 is 22.3 Å². The van der Waals surface area contributed by atoms with Gasteiger partial charge in [-0.2, -0.15) is 5.26 Å². The van der Waals surface area contributed by atoms with Gasteiger partial charge in [-0.25, -0.2) is 18.2 Å². The maximum Gasteiger partial charge on any atom is 0.279 e. The van der Waals surface area contributed by atoms with Gasteiger partial charge in [0.1, 0.15) is 5.52 Å². The number of nitrogens with one attached hydrogen (secondary N) is 3. The zero-order valence-corrected chi connectivity index (χ0v) is 29.7. The third-order valence-corrected chi connectivity index (χ3v) is 10.9. The summed E-state index contributed by atoms with van der Waals surface area (Å²) in [6.07, 6.45) is 5.56. The van der Waals surface area contributed by atoms with Crippen molar-refractivity contribution >= 4 is 50.9 Å². The van der Waals surface area contributed by atoms with E-state index in [0.717, 1.165) is 67.0 Å². The Morgan fingerprint density at radius 3 is 2.57 bits per heavy atom. The van der Waals surface area contributed by atoms with Crippen LogP contribution >= 0.6 is 23.2 Å². The summed E-state index contributed by atoms with van der Waals surface area (Å²) in [5.41, 5.74) is 10.2. The fourth-order valence-corrected chi connectivity index (χ4v) is 7.62. The van der Waals surface area contributed by atoms with Crippen LogP contribution in [0.3, 0.4) is 0 Å². The van der Waals surface area contributed by atoms with E-state index in [1.54, 1.807) is 18.2 Å². The first kappa shape index (κ1) is 36.8. The van der Waals surface area contributed by atoms with Crippen molar-refractivity contribution in [3.05, 3.63) is 75.0 Å². The van der Waals surface area contributed by atoms with Crippen LogP contribution in [0.15, 0.2) is 42.2 Å². The number of hydrogen-bond acceptors (Lipinski definition) is 7. The van der Waals surface area contributed by atoms with Gasteiger partial charge in [-0.05, 0) is 88.1 Å². The van der Waals surface area contributed by atoms with E-state index < -0.39 is 17.9 Å². The van der Waals surface area contributed by atoms with Gasteiger partial charge in [0.15, 0.2) is 5.82 Å². The van der Waals surface area contributed by atoms with Crippen molar-refractivity contribution in [1.29, 1.82) is 5.26 Å². The highest BCUT2D eigenvalue weighted by molar-refractivity contribution is 6.43. The van der Waals surface area contributed by atoms with E-state index in [2.05, 4.69) is 33.3 Å². The lowest BCUT2D eigenvalue weighted by Gasteiger charge is -2.24. The molecule has 3 aliphatic heterocycles. The molecule has 9 nitrogen and oxygen atoms in total. The molecule has 2 aromatic heterocycles. The number of H-pyrrole nitrogens is 1. The number of nitrogens with two attached hydrogens (primary N) is 2.